The largest absolute Gasteiger partial charge is 0.340 e. The van der Waals surface area contributed by atoms with Crippen molar-refractivity contribution in [2.24, 2.45) is 0 Å². The molecule has 0 bridgehead atoms. The van der Waals surface area contributed by atoms with Crippen LogP contribution in [0.1, 0.15) is 19.8 Å². The molecule has 0 radical (unpaired) electrons. The van der Waals surface area contributed by atoms with Crippen LogP contribution in [-0.2, 0) is 19.6 Å². The Morgan fingerprint density at radius 3 is 2.13 bits per heavy atom. The lowest BCUT2D eigenvalue weighted by Gasteiger charge is -2.34. The van der Waals surface area contributed by atoms with Gasteiger partial charge in [-0.3, -0.25) is 4.79 Å². The maximum absolute atomic E-state index is 12.6. The summed E-state index contributed by atoms with van der Waals surface area (Å²) in [6.07, 6.45) is 0.422. The van der Waals surface area contributed by atoms with Crippen molar-refractivity contribution >= 4 is 37.6 Å². The molecule has 0 spiro atoms. The van der Waals surface area contributed by atoms with E-state index in [4.69, 9.17) is 0 Å². The highest BCUT2D eigenvalue weighted by Gasteiger charge is 2.29. The minimum atomic E-state index is -3.53. The summed E-state index contributed by atoms with van der Waals surface area (Å²) in [5.74, 6) is -0.115. The molecule has 0 aliphatic carbocycles. The lowest BCUT2D eigenvalue weighted by atomic mass is 10.2. The lowest BCUT2D eigenvalue weighted by molar-refractivity contribution is -0.134. The summed E-state index contributed by atoms with van der Waals surface area (Å²) < 4.78 is 27.3. The monoisotopic (exact) mass is 402 g/mol. The van der Waals surface area contributed by atoms with Gasteiger partial charge in [0.15, 0.2) is 0 Å². The van der Waals surface area contributed by atoms with Gasteiger partial charge >= 0.3 is 0 Å². The van der Waals surface area contributed by atoms with Crippen LogP contribution in [0.5, 0.6) is 0 Å². The van der Waals surface area contributed by atoms with Crippen LogP contribution in [0.25, 0.3) is 0 Å². The molecule has 1 amide bonds. The first kappa shape index (κ1) is 18.1. The van der Waals surface area contributed by atoms with Crippen molar-refractivity contribution < 1.29 is 18.0 Å². The molecule has 126 valence electrons. The van der Waals surface area contributed by atoms with Crippen molar-refractivity contribution in [1.82, 2.24) is 9.21 Å². The van der Waals surface area contributed by atoms with Gasteiger partial charge in [-0.25, -0.2) is 8.42 Å². The number of hydrogen-bond donors (Lipinski definition) is 0. The van der Waals surface area contributed by atoms with Gasteiger partial charge in [0.25, 0.3) is 0 Å². The van der Waals surface area contributed by atoms with Crippen LogP contribution < -0.4 is 0 Å². The van der Waals surface area contributed by atoms with E-state index in [-0.39, 0.29) is 42.5 Å². The highest BCUT2D eigenvalue weighted by molar-refractivity contribution is 9.10. The van der Waals surface area contributed by atoms with Crippen molar-refractivity contribution in [3.05, 3.63) is 28.7 Å². The molecule has 0 saturated carbocycles. The molecule has 1 fully saturated rings. The van der Waals surface area contributed by atoms with Gasteiger partial charge in [-0.2, -0.15) is 4.31 Å². The molecular formula is C15H19BrN2O4S. The Labute approximate surface area is 144 Å². The van der Waals surface area contributed by atoms with Gasteiger partial charge < -0.3 is 9.69 Å². The summed E-state index contributed by atoms with van der Waals surface area (Å²) >= 11 is 3.28. The number of Topliss-reactive ketones (excluding diaryl/α,β-unsaturated/α-hetero) is 1. The molecule has 1 aliphatic heterocycles. The van der Waals surface area contributed by atoms with Crippen LogP contribution in [-0.4, -0.2) is 55.5 Å². The van der Waals surface area contributed by atoms with Crippen LogP contribution in [0, 0.1) is 0 Å². The van der Waals surface area contributed by atoms with Gasteiger partial charge in [0.05, 0.1) is 4.90 Å². The van der Waals surface area contributed by atoms with E-state index in [0.717, 1.165) is 4.47 Å². The molecule has 6 nitrogen and oxygen atoms in total. The molecular weight excluding hydrogens is 384 g/mol. The highest BCUT2D eigenvalue weighted by atomic mass is 79.9. The SMILES string of the molecule is CC(=O)CCC(=O)N1CCN(S(=O)(=O)c2ccc(Br)cc2)CC1. The number of sulfonamides is 1. The Hall–Kier alpha value is -1.25. The first-order valence-corrected chi connectivity index (χ1v) is 9.57. The Morgan fingerprint density at radius 1 is 1.04 bits per heavy atom. The van der Waals surface area contributed by atoms with Gasteiger partial charge in [0.1, 0.15) is 5.78 Å². The first-order valence-electron chi connectivity index (χ1n) is 7.33. The van der Waals surface area contributed by atoms with Crippen molar-refractivity contribution in [3.8, 4) is 0 Å². The van der Waals surface area contributed by atoms with Gasteiger partial charge in [0.2, 0.25) is 15.9 Å². The molecule has 2 rings (SSSR count). The number of carbonyl (C=O) groups is 2. The molecule has 1 aromatic rings. The zero-order valence-corrected chi connectivity index (χ0v) is 15.3. The zero-order valence-electron chi connectivity index (χ0n) is 12.9. The third kappa shape index (κ3) is 4.62. The fourth-order valence-corrected chi connectivity index (χ4v) is 4.06. The smallest absolute Gasteiger partial charge is 0.243 e. The molecule has 0 atom stereocenters. The van der Waals surface area contributed by atoms with E-state index >= 15 is 0 Å². The molecule has 1 heterocycles. The van der Waals surface area contributed by atoms with Crippen LogP contribution in [0.2, 0.25) is 0 Å². The van der Waals surface area contributed by atoms with Crippen molar-refractivity contribution in [2.45, 2.75) is 24.7 Å². The van der Waals surface area contributed by atoms with Gasteiger partial charge in [0, 0.05) is 43.5 Å². The molecule has 8 heteroatoms. The van der Waals surface area contributed by atoms with Crippen LogP contribution in [0.4, 0.5) is 0 Å². The number of rotatable bonds is 5. The topological polar surface area (TPSA) is 74.8 Å². The fourth-order valence-electron chi connectivity index (χ4n) is 2.37. The minimum absolute atomic E-state index is 0.0187. The van der Waals surface area contributed by atoms with E-state index < -0.39 is 10.0 Å². The summed E-state index contributed by atoms with van der Waals surface area (Å²) in [6.45, 7) is 2.70. The van der Waals surface area contributed by atoms with E-state index in [9.17, 15) is 18.0 Å². The van der Waals surface area contributed by atoms with E-state index in [1.807, 2.05) is 0 Å². The van der Waals surface area contributed by atoms with Crippen molar-refractivity contribution in [3.63, 3.8) is 0 Å². The quantitative estimate of drug-likeness (QED) is 0.750. The molecule has 0 N–H and O–H groups in total. The second-order valence-electron chi connectivity index (χ2n) is 5.44. The number of ketones is 1. The van der Waals surface area contributed by atoms with Gasteiger partial charge in [-0.1, -0.05) is 15.9 Å². The summed E-state index contributed by atoms with van der Waals surface area (Å²) in [4.78, 5) is 24.8. The third-order valence-electron chi connectivity index (χ3n) is 3.73. The Bertz CT molecular complexity index is 680. The summed E-state index contributed by atoms with van der Waals surface area (Å²) in [5.41, 5.74) is 0. The maximum atomic E-state index is 12.6. The second-order valence-corrected chi connectivity index (χ2v) is 8.29. The number of amides is 1. The molecule has 1 saturated heterocycles. The zero-order chi connectivity index (χ0) is 17.0. The number of carbonyl (C=O) groups excluding carboxylic acids is 2. The number of halogens is 1. The number of piperazine rings is 1. The molecule has 1 aromatic carbocycles. The predicted octanol–water partition coefficient (Wildman–Crippen LogP) is 1.65. The molecule has 0 aromatic heterocycles. The second kappa shape index (κ2) is 7.55. The summed E-state index contributed by atoms with van der Waals surface area (Å²) in [6, 6.07) is 6.50. The van der Waals surface area contributed by atoms with E-state index in [1.54, 1.807) is 29.2 Å². The maximum Gasteiger partial charge on any atom is 0.243 e. The minimum Gasteiger partial charge on any atom is -0.340 e. The number of hydrogen-bond acceptors (Lipinski definition) is 4. The third-order valence-corrected chi connectivity index (χ3v) is 6.18. The van der Waals surface area contributed by atoms with Gasteiger partial charge in [-0.15, -0.1) is 0 Å². The summed E-state index contributed by atoms with van der Waals surface area (Å²) in [7, 11) is -3.53. The van der Waals surface area contributed by atoms with Crippen molar-refractivity contribution in [1.29, 1.82) is 0 Å². The molecule has 0 unspecified atom stereocenters. The highest BCUT2D eigenvalue weighted by Crippen LogP contribution is 2.20. The average Bonchev–Trinajstić information content (AvgIpc) is 2.53. The van der Waals surface area contributed by atoms with E-state index in [2.05, 4.69) is 15.9 Å². The summed E-state index contributed by atoms with van der Waals surface area (Å²) in [5, 5.41) is 0. The first-order chi connectivity index (χ1) is 10.8. The van der Waals surface area contributed by atoms with Gasteiger partial charge in [-0.05, 0) is 31.2 Å². The lowest BCUT2D eigenvalue weighted by Crippen LogP contribution is -2.50. The van der Waals surface area contributed by atoms with Crippen LogP contribution >= 0.6 is 15.9 Å². The Morgan fingerprint density at radius 2 is 1.61 bits per heavy atom. The average molecular weight is 403 g/mol. The van der Waals surface area contributed by atoms with E-state index in [1.165, 1.54) is 11.2 Å². The standard InChI is InChI=1S/C15H19BrN2O4S/c1-12(19)2-7-15(20)17-8-10-18(11-9-17)23(21,22)14-5-3-13(16)4-6-14/h3-6H,2,7-11H2,1H3. The van der Waals surface area contributed by atoms with Crippen molar-refractivity contribution in [2.75, 3.05) is 26.2 Å². The van der Waals surface area contributed by atoms with Crippen LogP contribution in [0.15, 0.2) is 33.6 Å². The number of benzene rings is 1. The Balaban J connectivity index is 1.97. The normalized spacial score (nSPS) is 16.3. The Kier molecular flexibility index (Phi) is 5.94. The fraction of sp³-hybridized carbons (Fsp3) is 0.467. The number of nitrogens with zero attached hydrogens (tertiary/aromatic N) is 2. The molecule has 23 heavy (non-hydrogen) atoms. The van der Waals surface area contributed by atoms with Crippen LogP contribution in [0.3, 0.4) is 0 Å². The van der Waals surface area contributed by atoms with E-state index in [0.29, 0.717) is 13.1 Å². The predicted molar refractivity (Wildman–Crippen MR) is 89.4 cm³/mol. The molecule has 1 aliphatic rings.